The van der Waals surface area contributed by atoms with Crippen molar-refractivity contribution in [2.24, 2.45) is 0 Å². The summed E-state index contributed by atoms with van der Waals surface area (Å²) < 4.78 is 16.9. The van der Waals surface area contributed by atoms with Crippen LogP contribution in [-0.4, -0.2) is 35.9 Å². The van der Waals surface area contributed by atoms with Crippen LogP contribution in [0.1, 0.15) is 31.6 Å². The zero-order valence-electron chi connectivity index (χ0n) is 18.8. The number of imidazole rings is 1. The Morgan fingerprint density at radius 2 is 1.97 bits per heavy atom. The molecule has 0 saturated carbocycles. The number of aromatic nitrogens is 5. The second-order valence-electron chi connectivity index (χ2n) is 8.03. The molecular formula is C24H21Cl2FN6O2. The van der Waals surface area contributed by atoms with E-state index in [9.17, 15) is 9.18 Å². The molecule has 0 bridgehead atoms. The third-order valence-electron chi connectivity index (χ3n) is 5.80. The van der Waals surface area contributed by atoms with Gasteiger partial charge in [0, 0.05) is 53.1 Å². The summed E-state index contributed by atoms with van der Waals surface area (Å²) in [5, 5.41) is 4.56. The van der Waals surface area contributed by atoms with Crippen LogP contribution in [0.4, 0.5) is 4.39 Å². The quantitative estimate of drug-likeness (QED) is 0.361. The topological polar surface area (TPSA) is 81.0 Å². The minimum Gasteiger partial charge on any atom is -0.401 e. The lowest BCUT2D eigenvalue weighted by atomic mass is 10.1. The highest BCUT2D eigenvalue weighted by Crippen LogP contribution is 2.33. The number of rotatable bonds is 6. The van der Waals surface area contributed by atoms with Gasteiger partial charge in [0.15, 0.2) is 11.8 Å². The van der Waals surface area contributed by atoms with Gasteiger partial charge < -0.3 is 9.74 Å². The third kappa shape index (κ3) is 4.33. The molecule has 1 aliphatic heterocycles. The van der Waals surface area contributed by atoms with Gasteiger partial charge in [-0.1, -0.05) is 23.2 Å². The summed E-state index contributed by atoms with van der Waals surface area (Å²) in [6.45, 7) is 4.60. The molecule has 0 saturated heterocycles. The molecule has 0 aliphatic carbocycles. The molecule has 1 aliphatic rings. The van der Waals surface area contributed by atoms with Crippen molar-refractivity contribution < 1.29 is 9.23 Å². The van der Waals surface area contributed by atoms with Crippen LogP contribution in [0.2, 0.25) is 10.0 Å². The van der Waals surface area contributed by atoms with Gasteiger partial charge in [-0.3, -0.25) is 9.67 Å². The van der Waals surface area contributed by atoms with Crippen LogP contribution in [0.3, 0.4) is 0 Å². The van der Waals surface area contributed by atoms with E-state index in [2.05, 4.69) is 39.0 Å². The van der Waals surface area contributed by atoms with Crippen LogP contribution in [-0.2, 0) is 0 Å². The number of pyridine rings is 1. The summed E-state index contributed by atoms with van der Waals surface area (Å²) in [5.41, 5.74) is 2.03. The predicted molar refractivity (Wildman–Crippen MR) is 133 cm³/mol. The number of halogens is 3. The van der Waals surface area contributed by atoms with Crippen molar-refractivity contribution >= 4 is 34.4 Å². The number of aromatic amines is 1. The maximum absolute atomic E-state index is 14.0. The number of benzene rings is 1. The third-order valence-corrected chi connectivity index (χ3v) is 6.51. The molecule has 8 nitrogen and oxygen atoms in total. The van der Waals surface area contributed by atoms with Crippen LogP contribution in [0.25, 0.3) is 22.3 Å². The maximum atomic E-state index is 14.0. The minimum atomic E-state index is -0.818. The SMILES string of the molecule is CCN1C=CC(n2cc(-c3cnc4[nH]c(=O)n(OC(C)c5c(Cl)ccc(F)c5Cl)c4c3)cn2)C=C1. The van der Waals surface area contributed by atoms with Gasteiger partial charge >= 0.3 is 5.69 Å². The second kappa shape index (κ2) is 9.24. The summed E-state index contributed by atoms with van der Waals surface area (Å²) in [4.78, 5) is 27.6. The number of hydrogen-bond donors (Lipinski definition) is 1. The molecule has 0 spiro atoms. The van der Waals surface area contributed by atoms with E-state index < -0.39 is 17.6 Å². The molecule has 0 amide bonds. The first-order valence-corrected chi connectivity index (χ1v) is 11.7. The van der Waals surface area contributed by atoms with Crippen molar-refractivity contribution in [2.45, 2.75) is 26.0 Å². The zero-order chi connectivity index (χ0) is 24.7. The second-order valence-corrected chi connectivity index (χ2v) is 8.82. The van der Waals surface area contributed by atoms with Gasteiger partial charge in [0.1, 0.15) is 11.3 Å². The van der Waals surface area contributed by atoms with Gasteiger partial charge in [-0.25, -0.2) is 14.2 Å². The average Bonchev–Trinajstić information content (AvgIpc) is 3.47. The molecule has 1 unspecified atom stereocenters. The number of nitrogens with zero attached hydrogens (tertiary/aromatic N) is 5. The monoisotopic (exact) mass is 514 g/mol. The standard InChI is InChI=1S/C24H21Cl2FN6O2/c1-3-31-8-6-17(7-9-31)32-13-16(12-29-32)15-10-20-23(28-11-15)30-24(34)33(20)35-14(2)21-18(25)4-5-19(27)22(21)26/h4-14,17H,3H2,1-2H3,(H,28,30,34). The molecule has 1 aromatic carbocycles. The number of allylic oxidation sites excluding steroid dienone is 2. The van der Waals surface area contributed by atoms with E-state index in [1.807, 2.05) is 23.3 Å². The first-order valence-electron chi connectivity index (χ1n) is 10.9. The minimum absolute atomic E-state index is 0.00127. The summed E-state index contributed by atoms with van der Waals surface area (Å²) in [6.07, 6.45) is 12.6. The van der Waals surface area contributed by atoms with Crippen molar-refractivity contribution in [3.8, 4) is 11.1 Å². The molecule has 11 heteroatoms. The molecule has 4 aromatic rings. The number of H-pyrrole nitrogens is 1. The molecule has 0 radical (unpaired) electrons. The van der Waals surface area contributed by atoms with Crippen LogP contribution >= 0.6 is 23.2 Å². The molecule has 35 heavy (non-hydrogen) atoms. The van der Waals surface area contributed by atoms with E-state index in [4.69, 9.17) is 28.0 Å². The van der Waals surface area contributed by atoms with E-state index in [0.717, 1.165) is 22.4 Å². The van der Waals surface area contributed by atoms with Gasteiger partial charge in [0.2, 0.25) is 0 Å². The lowest BCUT2D eigenvalue weighted by Gasteiger charge is -2.20. The van der Waals surface area contributed by atoms with Gasteiger partial charge in [0.05, 0.1) is 17.3 Å². The summed E-state index contributed by atoms with van der Waals surface area (Å²) in [5.74, 6) is -0.626. The van der Waals surface area contributed by atoms with E-state index in [0.29, 0.717) is 11.2 Å². The van der Waals surface area contributed by atoms with Crippen molar-refractivity contribution in [1.82, 2.24) is 29.4 Å². The number of fused-ring (bicyclic) bond motifs is 1. The average molecular weight is 515 g/mol. The van der Waals surface area contributed by atoms with Crippen molar-refractivity contribution in [3.63, 3.8) is 0 Å². The Kier molecular flexibility index (Phi) is 6.12. The molecule has 0 fully saturated rings. The summed E-state index contributed by atoms with van der Waals surface area (Å²) in [7, 11) is 0. The van der Waals surface area contributed by atoms with Crippen molar-refractivity contribution in [1.29, 1.82) is 0 Å². The molecule has 4 heterocycles. The highest BCUT2D eigenvalue weighted by atomic mass is 35.5. The molecule has 3 aromatic heterocycles. The van der Waals surface area contributed by atoms with Gasteiger partial charge in [-0.15, -0.1) is 4.73 Å². The number of hydrogen-bond acceptors (Lipinski definition) is 5. The van der Waals surface area contributed by atoms with Gasteiger partial charge in [-0.05, 0) is 44.2 Å². The first kappa shape index (κ1) is 23.2. The van der Waals surface area contributed by atoms with Crippen LogP contribution < -0.4 is 10.5 Å². The van der Waals surface area contributed by atoms with Gasteiger partial charge in [0.25, 0.3) is 0 Å². The van der Waals surface area contributed by atoms with Crippen LogP contribution in [0.5, 0.6) is 0 Å². The zero-order valence-corrected chi connectivity index (χ0v) is 20.3. The Morgan fingerprint density at radius 1 is 1.20 bits per heavy atom. The Bertz CT molecular complexity index is 1510. The fourth-order valence-corrected chi connectivity index (χ4v) is 4.58. The number of nitrogens with one attached hydrogen (secondary N) is 1. The Balaban J connectivity index is 1.46. The predicted octanol–water partition coefficient (Wildman–Crippen LogP) is 5.13. The van der Waals surface area contributed by atoms with E-state index in [-0.39, 0.29) is 21.7 Å². The molecule has 5 rings (SSSR count). The smallest absolute Gasteiger partial charge is 0.360 e. The fraction of sp³-hybridized carbons (Fsp3) is 0.208. The molecule has 180 valence electrons. The molecule has 1 atom stereocenters. The van der Waals surface area contributed by atoms with Crippen molar-refractivity contribution in [2.75, 3.05) is 6.54 Å². The van der Waals surface area contributed by atoms with E-state index in [1.165, 1.54) is 12.1 Å². The highest BCUT2D eigenvalue weighted by molar-refractivity contribution is 6.36. The normalized spacial score (nSPS) is 14.7. The largest absolute Gasteiger partial charge is 0.401 e. The lowest BCUT2D eigenvalue weighted by Crippen LogP contribution is -2.26. The van der Waals surface area contributed by atoms with Gasteiger partial charge in [-0.2, -0.15) is 5.10 Å². The summed E-state index contributed by atoms with van der Waals surface area (Å²) >= 11 is 12.3. The Morgan fingerprint density at radius 3 is 2.71 bits per heavy atom. The summed E-state index contributed by atoms with van der Waals surface area (Å²) in [6, 6.07) is 4.34. The van der Waals surface area contributed by atoms with E-state index in [1.54, 1.807) is 25.4 Å². The maximum Gasteiger partial charge on any atom is 0.360 e. The lowest BCUT2D eigenvalue weighted by molar-refractivity contribution is 0.0492. The fourth-order valence-electron chi connectivity index (χ4n) is 3.90. The first-order chi connectivity index (χ1) is 16.9. The van der Waals surface area contributed by atoms with Crippen LogP contribution in [0, 0.1) is 5.82 Å². The van der Waals surface area contributed by atoms with Crippen LogP contribution in [0.15, 0.2) is 66.1 Å². The Labute approximate surface area is 209 Å². The van der Waals surface area contributed by atoms with E-state index >= 15 is 0 Å². The molecular weight excluding hydrogens is 494 g/mol. The molecule has 1 N–H and O–H groups in total. The Hall–Kier alpha value is -3.56. The van der Waals surface area contributed by atoms with Crippen molar-refractivity contribution in [3.05, 3.63) is 93.3 Å². The highest BCUT2D eigenvalue weighted by Gasteiger charge is 2.21.